The Morgan fingerprint density at radius 1 is 1.22 bits per heavy atom. The minimum atomic E-state index is -1.11. The Kier molecular flexibility index (Phi) is 6.65. The van der Waals surface area contributed by atoms with E-state index >= 15 is 0 Å². The maximum atomic E-state index is 12.7. The zero-order valence-corrected chi connectivity index (χ0v) is 15.6. The van der Waals surface area contributed by atoms with Crippen molar-refractivity contribution in [3.8, 4) is 0 Å². The molecule has 2 amide bonds. The number of amides is 2. The minimum Gasteiger partial charge on any atom is -0.480 e. The number of nitrogens with one attached hydrogen (secondary N) is 1. The number of nitrogens with zero attached hydrogens (tertiary/aromatic N) is 2. The smallest absolute Gasteiger partial charge is 0.323 e. The van der Waals surface area contributed by atoms with Crippen molar-refractivity contribution in [3.63, 3.8) is 0 Å². The highest BCUT2D eigenvalue weighted by molar-refractivity contribution is 6.06. The predicted octanol–water partition coefficient (Wildman–Crippen LogP) is 2.23. The normalized spacial score (nSPS) is 12.5. The maximum absolute atomic E-state index is 12.7. The molecule has 0 bridgehead atoms. The minimum absolute atomic E-state index is 0.189. The van der Waals surface area contributed by atoms with Gasteiger partial charge >= 0.3 is 5.97 Å². The van der Waals surface area contributed by atoms with Crippen molar-refractivity contribution < 1.29 is 19.5 Å². The van der Waals surface area contributed by atoms with Crippen molar-refractivity contribution in [3.05, 3.63) is 53.9 Å². The molecule has 27 heavy (non-hydrogen) atoms. The monoisotopic (exact) mass is 369 g/mol. The van der Waals surface area contributed by atoms with Crippen LogP contribution < -0.4 is 5.32 Å². The molecule has 0 aliphatic rings. The van der Waals surface area contributed by atoms with Crippen LogP contribution in [-0.2, 0) is 9.59 Å². The predicted molar refractivity (Wildman–Crippen MR) is 102 cm³/mol. The van der Waals surface area contributed by atoms with Crippen LogP contribution in [0.1, 0.15) is 31.3 Å². The number of carbonyl (C=O) groups is 3. The number of allylic oxidation sites excluding steroid dienone is 1. The van der Waals surface area contributed by atoms with Crippen LogP contribution in [0.3, 0.4) is 0 Å². The summed E-state index contributed by atoms with van der Waals surface area (Å²) in [6, 6.07) is 8.25. The highest BCUT2D eigenvalue weighted by atomic mass is 16.4. The van der Waals surface area contributed by atoms with Gasteiger partial charge in [-0.3, -0.25) is 19.4 Å². The largest absolute Gasteiger partial charge is 0.480 e. The van der Waals surface area contributed by atoms with Crippen LogP contribution in [0.15, 0.2) is 48.2 Å². The number of pyridine rings is 1. The van der Waals surface area contributed by atoms with Gasteiger partial charge in [-0.15, -0.1) is 0 Å². The fourth-order valence-corrected chi connectivity index (χ4v) is 2.67. The summed E-state index contributed by atoms with van der Waals surface area (Å²) in [7, 11) is 0. The van der Waals surface area contributed by atoms with Crippen LogP contribution in [-0.4, -0.2) is 51.9 Å². The van der Waals surface area contributed by atoms with E-state index in [4.69, 9.17) is 5.11 Å². The number of carboxylic acids is 1. The summed E-state index contributed by atoms with van der Waals surface area (Å²) in [5.74, 6) is -2.06. The van der Waals surface area contributed by atoms with E-state index in [2.05, 4.69) is 10.3 Å². The Morgan fingerprint density at radius 3 is 2.59 bits per heavy atom. The first kappa shape index (κ1) is 20.1. The highest BCUT2D eigenvalue weighted by Crippen LogP contribution is 2.16. The molecule has 0 radical (unpaired) electrons. The molecular weight excluding hydrogens is 346 g/mol. The molecule has 0 spiro atoms. The number of benzene rings is 1. The molecule has 1 heterocycles. The SMILES string of the molecule is C/C=C(/C)CN(CC(=O)O)C(=O)C(C)NC(=O)c1nccc2ccccc12. The molecule has 0 saturated heterocycles. The molecule has 142 valence electrons. The third-order valence-electron chi connectivity index (χ3n) is 4.18. The molecule has 7 nitrogen and oxygen atoms in total. The molecular formula is C20H23N3O4. The van der Waals surface area contributed by atoms with Gasteiger partial charge in [0, 0.05) is 18.1 Å². The van der Waals surface area contributed by atoms with E-state index in [1.807, 2.05) is 38.1 Å². The number of rotatable bonds is 7. The molecule has 2 N–H and O–H groups in total. The van der Waals surface area contributed by atoms with Crippen LogP contribution in [0.25, 0.3) is 10.8 Å². The molecule has 1 atom stereocenters. The van der Waals surface area contributed by atoms with Crippen molar-refractivity contribution in [2.24, 2.45) is 0 Å². The summed E-state index contributed by atoms with van der Waals surface area (Å²) in [5.41, 5.74) is 1.08. The van der Waals surface area contributed by atoms with Crippen molar-refractivity contribution in [2.45, 2.75) is 26.8 Å². The van der Waals surface area contributed by atoms with Gasteiger partial charge in [-0.25, -0.2) is 0 Å². The van der Waals surface area contributed by atoms with Gasteiger partial charge in [0.25, 0.3) is 5.91 Å². The van der Waals surface area contributed by atoms with E-state index in [1.165, 1.54) is 18.0 Å². The van der Waals surface area contributed by atoms with Gasteiger partial charge < -0.3 is 15.3 Å². The lowest BCUT2D eigenvalue weighted by atomic mass is 10.1. The zero-order valence-electron chi connectivity index (χ0n) is 15.6. The first-order valence-electron chi connectivity index (χ1n) is 8.60. The second kappa shape index (κ2) is 8.93. The standard InChI is InChI=1S/C20H23N3O4/c1-4-13(2)11-23(12-17(24)25)20(27)14(3)22-19(26)18-16-8-6-5-7-15(16)9-10-21-18/h4-10,14H,11-12H2,1-3H3,(H,22,26)(H,24,25)/b13-4-. The number of hydrogen-bond donors (Lipinski definition) is 2. The summed E-state index contributed by atoms with van der Waals surface area (Å²) in [6.07, 6.45) is 3.35. The fourth-order valence-electron chi connectivity index (χ4n) is 2.67. The van der Waals surface area contributed by atoms with Crippen molar-refractivity contribution in [2.75, 3.05) is 13.1 Å². The third-order valence-corrected chi connectivity index (χ3v) is 4.18. The summed E-state index contributed by atoms with van der Waals surface area (Å²) < 4.78 is 0. The Hall–Kier alpha value is -3.22. The Labute approximate surface area is 157 Å². The first-order valence-corrected chi connectivity index (χ1v) is 8.60. The Balaban J connectivity index is 2.18. The first-order chi connectivity index (χ1) is 12.8. The van der Waals surface area contributed by atoms with Crippen LogP contribution in [0.4, 0.5) is 0 Å². The van der Waals surface area contributed by atoms with E-state index in [0.29, 0.717) is 5.39 Å². The molecule has 2 aromatic rings. The lowest BCUT2D eigenvalue weighted by Crippen LogP contribution is -2.49. The van der Waals surface area contributed by atoms with E-state index in [1.54, 1.807) is 12.1 Å². The topological polar surface area (TPSA) is 99.6 Å². The molecule has 0 saturated carbocycles. The molecule has 0 aliphatic heterocycles. The average Bonchev–Trinajstić information content (AvgIpc) is 2.65. The number of aromatic nitrogens is 1. The van der Waals surface area contributed by atoms with Crippen molar-refractivity contribution in [1.29, 1.82) is 0 Å². The summed E-state index contributed by atoms with van der Waals surface area (Å²) in [6.45, 7) is 4.91. The fraction of sp³-hybridized carbons (Fsp3) is 0.300. The van der Waals surface area contributed by atoms with Gasteiger partial charge in [0.05, 0.1) is 0 Å². The maximum Gasteiger partial charge on any atom is 0.323 e. The molecule has 1 aromatic heterocycles. The molecule has 1 aromatic carbocycles. The van der Waals surface area contributed by atoms with Crippen LogP contribution in [0.5, 0.6) is 0 Å². The lowest BCUT2D eigenvalue weighted by Gasteiger charge is -2.25. The lowest BCUT2D eigenvalue weighted by molar-refractivity contribution is -0.144. The summed E-state index contributed by atoms with van der Waals surface area (Å²) >= 11 is 0. The molecule has 0 fully saturated rings. The second-order valence-electron chi connectivity index (χ2n) is 6.30. The molecule has 2 rings (SSSR count). The van der Waals surface area contributed by atoms with E-state index in [0.717, 1.165) is 11.0 Å². The van der Waals surface area contributed by atoms with Gasteiger partial charge in [-0.1, -0.05) is 35.9 Å². The van der Waals surface area contributed by atoms with Crippen molar-refractivity contribution >= 4 is 28.6 Å². The van der Waals surface area contributed by atoms with Crippen LogP contribution in [0.2, 0.25) is 0 Å². The number of hydrogen-bond acceptors (Lipinski definition) is 4. The Morgan fingerprint density at radius 2 is 1.93 bits per heavy atom. The van der Waals surface area contributed by atoms with Gasteiger partial charge in [0.1, 0.15) is 18.3 Å². The number of carboxylic acid groups (broad SMARTS) is 1. The second-order valence-corrected chi connectivity index (χ2v) is 6.30. The number of fused-ring (bicyclic) bond motifs is 1. The summed E-state index contributed by atoms with van der Waals surface area (Å²) in [4.78, 5) is 41.7. The average molecular weight is 369 g/mol. The third kappa shape index (κ3) is 5.13. The van der Waals surface area contributed by atoms with E-state index < -0.39 is 30.4 Å². The van der Waals surface area contributed by atoms with Crippen molar-refractivity contribution in [1.82, 2.24) is 15.2 Å². The molecule has 1 unspecified atom stereocenters. The molecule has 7 heteroatoms. The zero-order chi connectivity index (χ0) is 20.0. The molecule has 0 aliphatic carbocycles. The van der Waals surface area contributed by atoms with Crippen LogP contribution >= 0.6 is 0 Å². The number of aliphatic carboxylic acids is 1. The van der Waals surface area contributed by atoms with Gasteiger partial charge in [-0.05, 0) is 32.2 Å². The Bertz CT molecular complexity index is 886. The van der Waals surface area contributed by atoms with Crippen LogP contribution in [0, 0.1) is 0 Å². The van der Waals surface area contributed by atoms with Gasteiger partial charge in [0.2, 0.25) is 5.91 Å². The van der Waals surface area contributed by atoms with Gasteiger partial charge in [0.15, 0.2) is 0 Å². The van der Waals surface area contributed by atoms with E-state index in [9.17, 15) is 14.4 Å². The number of carbonyl (C=O) groups excluding carboxylic acids is 2. The summed E-state index contributed by atoms with van der Waals surface area (Å²) in [5, 5.41) is 13.2. The van der Waals surface area contributed by atoms with E-state index in [-0.39, 0.29) is 12.2 Å². The quantitative estimate of drug-likeness (QED) is 0.729. The highest BCUT2D eigenvalue weighted by Gasteiger charge is 2.25. The van der Waals surface area contributed by atoms with Gasteiger partial charge in [-0.2, -0.15) is 0 Å².